The summed E-state index contributed by atoms with van der Waals surface area (Å²) in [6.45, 7) is 1.33. The molecule has 1 saturated heterocycles. The number of hydrogen-bond acceptors (Lipinski definition) is 4. The van der Waals surface area contributed by atoms with Crippen molar-refractivity contribution in [3.05, 3.63) is 65.2 Å². The first-order valence-electron chi connectivity index (χ1n) is 10.6. The Morgan fingerprint density at radius 3 is 2.61 bits per heavy atom. The molecule has 1 aliphatic heterocycles. The molecule has 5 nitrogen and oxygen atoms in total. The zero-order valence-corrected chi connectivity index (χ0v) is 19.9. The standard InChI is InChI=1S/C23H29ClN2O3S2/c24-21-10-12-22(13-11-21)30-16-14-25-23(27)20-9-4-15-26(18-20)31(28,29)17-5-8-19-6-2-1-3-7-19/h1-3,6-7,10-13,20H,4-5,8-9,14-18H2,(H,25,27). The maximum absolute atomic E-state index is 12.8. The van der Waals surface area contributed by atoms with Gasteiger partial charge in [-0.2, -0.15) is 0 Å². The summed E-state index contributed by atoms with van der Waals surface area (Å²) in [5, 5.41) is 3.67. The first kappa shape index (κ1) is 24.1. The van der Waals surface area contributed by atoms with Gasteiger partial charge in [0, 0.05) is 35.3 Å². The van der Waals surface area contributed by atoms with Crippen LogP contribution < -0.4 is 5.32 Å². The molecule has 2 aromatic rings. The van der Waals surface area contributed by atoms with Crippen molar-refractivity contribution in [2.24, 2.45) is 5.92 Å². The van der Waals surface area contributed by atoms with Crippen LogP contribution in [0.5, 0.6) is 0 Å². The van der Waals surface area contributed by atoms with E-state index >= 15 is 0 Å². The number of rotatable bonds is 10. The molecular weight excluding hydrogens is 452 g/mol. The molecule has 1 N–H and O–H groups in total. The third-order valence-corrected chi connectivity index (χ3v) is 8.53. The van der Waals surface area contributed by atoms with E-state index in [1.807, 2.05) is 54.6 Å². The normalized spacial score (nSPS) is 17.4. The quantitative estimate of drug-likeness (QED) is 0.408. The largest absolute Gasteiger partial charge is 0.355 e. The fourth-order valence-corrected chi connectivity index (χ4v) is 6.14. The summed E-state index contributed by atoms with van der Waals surface area (Å²) in [5.41, 5.74) is 1.14. The Balaban J connectivity index is 1.40. The smallest absolute Gasteiger partial charge is 0.224 e. The molecule has 1 aliphatic rings. The molecule has 2 aromatic carbocycles. The Morgan fingerprint density at radius 1 is 1.13 bits per heavy atom. The van der Waals surface area contributed by atoms with Gasteiger partial charge in [-0.25, -0.2) is 12.7 Å². The van der Waals surface area contributed by atoms with Crippen molar-refractivity contribution < 1.29 is 13.2 Å². The molecule has 0 spiro atoms. The number of nitrogens with zero attached hydrogens (tertiary/aromatic N) is 1. The maximum atomic E-state index is 12.8. The molecule has 1 atom stereocenters. The van der Waals surface area contributed by atoms with Gasteiger partial charge in [-0.1, -0.05) is 41.9 Å². The van der Waals surface area contributed by atoms with Crippen LogP contribution in [-0.4, -0.2) is 49.8 Å². The Morgan fingerprint density at radius 2 is 1.87 bits per heavy atom. The number of hydrogen-bond donors (Lipinski definition) is 1. The maximum Gasteiger partial charge on any atom is 0.224 e. The molecule has 1 amide bonds. The molecule has 1 fully saturated rings. The zero-order chi connectivity index (χ0) is 22.1. The lowest BCUT2D eigenvalue weighted by Gasteiger charge is -2.31. The van der Waals surface area contributed by atoms with Crippen LogP contribution in [-0.2, 0) is 21.2 Å². The number of aryl methyl sites for hydroxylation is 1. The van der Waals surface area contributed by atoms with Crippen molar-refractivity contribution in [2.45, 2.75) is 30.6 Å². The van der Waals surface area contributed by atoms with Crippen LogP contribution in [0.2, 0.25) is 5.02 Å². The highest BCUT2D eigenvalue weighted by Crippen LogP contribution is 2.22. The van der Waals surface area contributed by atoms with E-state index in [0.29, 0.717) is 24.5 Å². The third-order valence-electron chi connectivity index (χ3n) is 5.34. The van der Waals surface area contributed by atoms with Crippen LogP contribution in [0.15, 0.2) is 59.5 Å². The van der Waals surface area contributed by atoms with E-state index in [9.17, 15) is 13.2 Å². The van der Waals surface area contributed by atoms with Crippen LogP contribution in [0.4, 0.5) is 0 Å². The average molecular weight is 481 g/mol. The summed E-state index contributed by atoms with van der Waals surface area (Å²) < 4.78 is 27.0. The molecule has 1 unspecified atom stereocenters. The molecule has 1 heterocycles. The van der Waals surface area contributed by atoms with Crippen molar-refractivity contribution in [1.29, 1.82) is 0 Å². The van der Waals surface area contributed by atoms with Gasteiger partial charge in [-0.15, -0.1) is 11.8 Å². The van der Waals surface area contributed by atoms with Crippen LogP contribution in [0.3, 0.4) is 0 Å². The summed E-state index contributed by atoms with van der Waals surface area (Å²) in [6, 6.07) is 17.5. The summed E-state index contributed by atoms with van der Waals surface area (Å²) in [5.74, 6) is 0.536. The summed E-state index contributed by atoms with van der Waals surface area (Å²) in [6.07, 6.45) is 2.77. The number of sulfonamides is 1. The fourth-order valence-electron chi connectivity index (χ4n) is 3.66. The van der Waals surface area contributed by atoms with E-state index in [1.54, 1.807) is 11.8 Å². The van der Waals surface area contributed by atoms with Gasteiger partial charge >= 0.3 is 0 Å². The van der Waals surface area contributed by atoms with E-state index in [1.165, 1.54) is 4.31 Å². The van der Waals surface area contributed by atoms with E-state index in [-0.39, 0.29) is 24.1 Å². The number of piperidine rings is 1. The van der Waals surface area contributed by atoms with Crippen molar-refractivity contribution in [1.82, 2.24) is 9.62 Å². The number of carbonyl (C=O) groups excluding carboxylic acids is 1. The predicted molar refractivity (Wildman–Crippen MR) is 128 cm³/mol. The summed E-state index contributed by atoms with van der Waals surface area (Å²) >= 11 is 7.54. The fraction of sp³-hybridized carbons (Fsp3) is 0.435. The summed E-state index contributed by atoms with van der Waals surface area (Å²) in [4.78, 5) is 13.7. The van der Waals surface area contributed by atoms with Crippen molar-refractivity contribution in [2.75, 3.05) is 31.1 Å². The SMILES string of the molecule is O=C(NCCSc1ccc(Cl)cc1)C1CCCN(S(=O)(=O)CCCc2ccccc2)C1. The van der Waals surface area contributed by atoms with Gasteiger partial charge in [-0.3, -0.25) is 4.79 Å². The van der Waals surface area contributed by atoms with Gasteiger partial charge in [0.15, 0.2) is 0 Å². The average Bonchev–Trinajstić information content (AvgIpc) is 2.78. The summed E-state index contributed by atoms with van der Waals surface area (Å²) in [7, 11) is -3.35. The lowest BCUT2D eigenvalue weighted by molar-refractivity contribution is -0.125. The Kier molecular flexibility index (Phi) is 9.26. The van der Waals surface area contributed by atoms with Crippen LogP contribution in [0.25, 0.3) is 0 Å². The number of halogens is 1. The van der Waals surface area contributed by atoms with Crippen molar-refractivity contribution in [3.63, 3.8) is 0 Å². The number of carbonyl (C=O) groups is 1. The minimum absolute atomic E-state index is 0.0547. The molecule has 0 radical (unpaired) electrons. The van der Waals surface area contributed by atoms with Gasteiger partial charge < -0.3 is 5.32 Å². The van der Waals surface area contributed by atoms with Crippen molar-refractivity contribution in [3.8, 4) is 0 Å². The topological polar surface area (TPSA) is 66.5 Å². The van der Waals surface area contributed by atoms with E-state index < -0.39 is 10.0 Å². The van der Waals surface area contributed by atoms with Gasteiger partial charge in [0.2, 0.25) is 15.9 Å². The molecule has 0 aromatic heterocycles. The second-order valence-electron chi connectivity index (χ2n) is 7.70. The molecular formula is C23H29ClN2O3S2. The van der Waals surface area contributed by atoms with Gasteiger partial charge in [-0.05, 0) is 55.5 Å². The number of thioether (sulfide) groups is 1. The number of benzene rings is 2. The van der Waals surface area contributed by atoms with Crippen LogP contribution >= 0.6 is 23.4 Å². The van der Waals surface area contributed by atoms with Gasteiger partial charge in [0.25, 0.3) is 0 Å². The van der Waals surface area contributed by atoms with Gasteiger partial charge in [0.05, 0.1) is 11.7 Å². The third kappa shape index (κ3) is 7.83. The lowest BCUT2D eigenvalue weighted by Crippen LogP contribution is -2.46. The molecule has 31 heavy (non-hydrogen) atoms. The second kappa shape index (κ2) is 11.9. The van der Waals surface area contributed by atoms with Crippen molar-refractivity contribution >= 4 is 39.3 Å². The minimum Gasteiger partial charge on any atom is -0.355 e. The minimum atomic E-state index is -3.35. The molecule has 0 saturated carbocycles. The molecule has 0 aliphatic carbocycles. The highest BCUT2D eigenvalue weighted by atomic mass is 35.5. The first-order chi connectivity index (χ1) is 14.9. The Bertz CT molecular complexity index is 937. The van der Waals surface area contributed by atoms with E-state index in [2.05, 4.69) is 5.32 Å². The first-order valence-corrected chi connectivity index (χ1v) is 13.6. The highest BCUT2D eigenvalue weighted by Gasteiger charge is 2.31. The second-order valence-corrected chi connectivity index (χ2v) is 11.4. The molecule has 8 heteroatoms. The molecule has 3 rings (SSSR count). The Hall–Kier alpha value is -1.54. The molecule has 168 valence electrons. The van der Waals surface area contributed by atoms with Gasteiger partial charge in [0.1, 0.15) is 0 Å². The number of nitrogens with one attached hydrogen (secondary N) is 1. The predicted octanol–water partition coefficient (Wildman–Crippen LogP) is 4.22. The van der Waals surface area contributed by atoms with Crippen LogP contribution in [0.1, 0.15) is 24.8 Å². The van der Waals surface area contributed by atoms with E-state index in [0.717, 1.165) is 35.5 Å². The van der Waals surface area contributed by atoms with E-state index in [4.69, 9.17) is 11.6 Å². The monoisotopic (exact) mass is 480 g/mol. The lowest BCUT2D eigenvalue weighted by atomic mass is 9.99. The highest BCUT2D eigenvalue weighted by molar-refractivity contribution is 7.99. The zero-order valence-electron chi connectivity index (χ0n) is 17.5. The van der Waals surface area contributed by atoms with Crippen LogP contribution in [0, 0.1) is 5.92 Å². The molecule has 0 bridgehead atoms. The Labute approximate surface area is 194 Å². The number of amides is 1.